The van der Waals surface area contributed by atoms with E-state index in [0.29, 0.717) is 11.1 Å². The van der Waals surface area contributed by atoms with Gasteiger partial charge in [0.1, 0.15) is 0 Å². The Morgan fingerprint density at radius 2 is 2.00 bits per heavy atom. The number of nitrogens with zero attached hydrogens (tertiary/aromatic N) is 4. The van der Waals surface area contributed by atoms with Crippen molar-refractivity contribution in [3.63, 3.8) is 0 Å². The largest absolute Gasteiger partial charge is 0.325 e. The highest BCUT2D eigenvalue weighted by Crippen LogP contribution is 2.25. The van der Waals surface area contributed by atoms with Gasteiger partial charge in [0.05, 0.1) is 5.25 Å². The molecule has 0 spiro atoms. The number of amides is 1. The highest BCUT2D eigenvalue weighted by atomic mass is 32.2. The Bertz CT molecular complexity index is 625. The van der Waals surface area contributed by atoms with E-state index in [0.717, 1.165) is 11.3 Å². The first-order chi connectivity index (χ1) is 9.99. The van der Waals surface area contributed by atoms with Gasteiger partial charge >= 0.3 is 0 Å². The minimum atomic E-state index is -0.282. The van der Waals surface area contributed by atoms with Gasteiger partial charge in [-0.25, -0.2) is 4.68 Å². The molecule has 1 aromatic heterocycles. The zero-order valence-corrected chi connectivity index (χ0v) is 13.4. The maximum absolute atomic E-state index is 12.3. The number of aromatic nitrogens is 4. The van der Waals surface area contributed by atoms with Crippen LogP contribution in [0.2, 0.25) is 0 Å². The van der Waals surface area contributed by atoms with E-state index in [1.165, 1.54) is 11.8 Å². The molecule has 0 fully saturated rings. The molecule has 1 atom stereocenters. The number of anilines is 1. The van der Waals surface area contributed by atoms with Gasteiger partial charge in [-0.2, -0.15) is 0 Å². The lowest BCUT2D eigenvalue weighted by atomic mass is 10.0. The van der Waals surface area contributed by atoms with Crippen molar-refractivity contribution in [3.05, 3.63) is 29.8 Å². The van der Waals surface area contributed by atoms with E-state index in [9.17, 15) is 4.79 Å². The fourth-order valence-electron chi connectivity index (χ4n) is 1.88. The summed E-state index contributed by atoms with van der Waals surface area (Å²) in [5, 5.41) is 14.5. The maximum atomic E-state index is 12.3. The van der Waals surface area contributed by atoms with Crippen LogP contribution in [0.4, 0.5) is 5.69 Å². The minimum absolute atomic E-state index is 0.0592. The number of carbonyl (C=O) groups excluding carboxylic acids is 1. The molecule has 2 rings (SSSR count). The predicted octanol–water partition coefficient (Wildman–Crippen LogP) is 2.45. The second-order valence-corrected chi connectivity index (χ2v) is 6.38. The van der Waals surface area contributed by atoms with Gasteiger partial charge < -0.3 is 5.32 Å². The Morgan fingerprint density at radius 3 is 2.62 bits per heavy atom. The SMILES string of the molecule is CC(Sc1nnnn1C)C(=O)Nc1ccccc1C(C)C. The Morgan fingerprint density at radius 1 is 1.29 bits per heavy atom. The maximum Gasteiger partial charge on any atom is 0.237 e. The molecule has 2 aromatic rings. The first kappa shape index (κ1) is 15.5. The van der Waals surface area contributed by atoms with Crippen LogP contribution in [0.25, 0.3) is 0 Å². The summed E-state index contributed by atoms with van der Waals surface area (Å²) in [5.41, 5.74) is 1.99. The number of tetrazole rings is 1. The molecule has 1 aromatic carbocycles. The van der Waals surface area contributed by atoms with Crippen molar-refractivity contribution in [2.75, 3.05) is 5.32 Å². The van der Waals surface area contributed by atoms with Crippen LogP contribution in [0.3, 0.4) is 0 Å². The summed E-state index contributed by atoms with van der Waals surface area (Å²) in [5.74, 6) is 0.295. The Labute approximate surface area is 128 Å². The van der Waals surface area contributed by atoms with E-state index in [1.54, 1.807) is 11.7 Å². The molecule has 0 aliphatic carbocycles. The summed E-state index contributed by atoms with van der Waals surface area (Å²) >= 11 is 1.33. The molecule has 1 unspecified atom stereocenters. The zero-order valence-electron chi connectivity index (χ0n) is 12.6. The van der Waals surface area contributed by atoms with Crippen molar-refractivity contribution in [1.82, 2.24) is 20.2 Å². The van der Waals surface area contributed by atoms with Gasteiger partial charge in [-0.1, -0.05) is 43.8 Å². The van der Waals surface area contributed by atoms with Crippen LogP contribution in [0, 0.1) is 0 Å². The third-order valence-corrected chi connectivity index (χ3v) is 4.20. The molecule has 0 saturated carbocycles. The van der Waals surface area contributed by atoms with Crippen LogP contribution in [0.15, 0.2) is 29.4 Å². The van der Waals surface area contributed by atoms with Gasteiger partial charge in [0.2, 0.25) is 11.1 Å². The van der Waals surface area contributed by atoms with E-state index < -0.39 is 0 Å². The lowest BCUT2D eigenvalue weighted by Crippen LogP contribution is -2.23. The number of hydrogen-bond donors (Lipinski definition) is 1. The normalized spacial score (nSPS) is 12.4. The van der Waals surface area contributed by atoms with Crippen LogP contribution < -0.4 is 5.32 Å². The number of hydrogen-bond acceptors (Lipinski definition) is 5. The van der Waals surface area contributed by atoms with Crippen LogP contribution >= 0.6 is 11.8 Å². The lowest BCUT2D eigenvalue weighted by Gasteiger charge is -2.16. The number of nitrogens with one attached hydrogen (secondary N) is 1. The summed E-state index contributed by atoms with van der Waals surface area (Å²) in [7, 11) is 1.75. The molecule has 6 nitrogen and oxygen atoms in total. The Kier molecular flexibility index (Phi) is 4.95. The van der Waals surface area contributed by atoms with Gasteiger partial charge in [-0.05, 0) is 34.9 Å². The topological polar surface area (TPSA) is 72.7 Å². The number of rotatable bonds is 5. The number of benzene rings is 1. The molecule has 1 heterocycles. The van der Waals surface area contributed by atoms with Crippen molar-refractivity contribution < 1.29 is 4.79 Å². The number of aryl methyl sites for hydroxylation is 1. The van der Waals surface area contributed by atoms with Gasteiger partial charge in [0, 0.05) is 12.7 Å². The average Bonchev–Trinajstić information content (AvgIpc) is 2.84. The fraction of sp³-hybridized carbons (Fsp3) is 0.429. The van der Waals surface area contributed by atoms with Crippen molar-refractivity contribution in [3.8, 4) is 0 Å². The highest BCUT2D eigenvalue weighted by molar-refractivity contribution is 8.00. The monoisotopic (exact) mass is 305 g/mol. The Balaban J connectivity index is 2.06. The summed E-state index contributed by atoms with van der Waals surface area (Å²) in [6.07, 6.45) is 0. The Hall–Kier alpha value is -1.89. The molecule has 21 heavy (non-hydrogen) atoms. The van der Waals surface area contributed by atoms with Crippen LogP contribution in [0.5, 0.6) is 0 Å². The van der Waals surface area contributed by atoms with E-state index in [-0.39, 0.29) is 11.2 Å². The number of carbonyl (C=O) groups is 1. The van der Waals surface area contributed by atoms with E-state index >= 15 is 0 Å². The van der Waals surface area contributed by atoms with E-state index in [2.05, 4.69) is 34.7 Å². The molecule has 0 bridgehead atoms. The molecule has 112 valence electrons. The molecule has 0 aliphatic heterocycles. The molecule has 0 radical (unpaired) electrons. The lowest BCUT2D eigenvalue weighted by molar-refractivity contribution is -0.115. The third kappa shape index (κ3) is 3.81. The molecule has 0 saturated heterocycles. The first-order valence-electron chi connectivity index (χ1n) is 6.78. The third-order valence-electron chi connectivity index (χ3n) is 3.07. The second kappa shape index (κ2) is 6.71. The van der Waals surface area contributed by atoms with Gasteiger partial charge in [-0.3, -0.25) is 4.79 Å². The average molecular weight is 305 g/mol. The summed E-state index contributed by atoms with van der Waals surface area (Å²) in [6, 6.07) is 7.86. The van der Waals surface area contributed by atoms with Crippen molar-refractivity contribution in [1.29, 1.82) is 0 Å². The second-order valence-electron chi connectivity index (χ2n) is 5.08. The van der Waals surface area contributed by atoms with Gasteiger partial charge in [0.15, 0.2) is 0 Å². The first-order valence-corrected chi connectivity index (χ1v) is 7.65. The molecule has 1 amide bonds. The van der Waals surface area contributed by atoms with E-state index in [1.807, 2.05) is 31.2 Å². The highest BCUT2D eigenvalue weighted by Gasteiger charge is 2.19. The van der Waals surface area contributed by atoms with Gasteiger partial charge in [0.25, 0.3) is 0 Å². The van der Waals surface area contributed by atoms with Crippen LogP contribution in [-0.2, 0) is 11.8 Å². The van der Waals surface area contributed by atoms with Crippen LogP contribution in [0.1, 0.15) is 32.3 Å². The zero-order chi connectivity index (χ0) is 15.4. The predicted molar refractivity (Wildman–Crippen MR) is 83.3 cm³/mol. The minimum Gasteiger partial charge on any atom is -0.325 e. The standard InChI is InChI=1S/C14H19N5OS/c1-9(2)11-7-5-6-8-12(11)15-13(20)10(3)21-14-16-17-18-19(14)4/h5-10H,1-4H3,(H,15,20). The molecule has 7 heteroatoms. The fourth-order valence-corrected chi connectivity index (χ4v) is 2.64. The molecular formula is C14H19N5OS. The molecule has 1 N–H and O–H groups in total. The van der Waals surface area contributed by atoms with Crippen LogP contribution in [-0.4, -0.2) is 31.4 Å². The summed E-state index contributed by atoms with van der Waals surface area (Å²) in [4.78, 5) is 12.3. The van der Waals surface area contributed by atoms with Crippen molar-refractivity contribution in [2.45, 2.75) is 37.1 Å². The molecular weight excluding hydrogens is 286 g/mol. The van der Waals surface area contributed by atoms with E-state index in [4.69, 9.17) is 0 Å². The molecule has 0 aliphatic rings. The van der Waals surface area contributed by atoms with Gasteiger partial charge in [-0.15, -0.1) is 5.10 Å². The van der Waals surface area contributed by atoms with Crippen molar-refractivity contribution >= 4 is 23.4 Å². The summed E-state index contributed by atoms with van der Waals surface area (Å²) in [6.45, 7) is 6.05. The summed E-state index contributed by atoms with van der Waals surface area (Å²) < 4.78 is 1.55. The smallest absolute Gasteiger partial charge is 0.237 e. The quantitative estimate of drug-likeness (QED) is 0.859. The number of thioether (sulfide) groups is 1. The number of para-hydroxylation sites is 1. The van der Waals surface area contributed by atoms with Crippen molar-refractivity contribution in [2.24, 2.45) is 7.05 Å².